The van der Waals surface area contributed by atoms with Gasteiger partial charge >= 0.3 is 12.1 Å². The molecule has 2 fully saturated rings. The number of H-pyrrole nitrogens is 1. The average Bonchev–Trinajstić information content (AvgIpc) is 3.59. The maximum atomic E-state index is 13.2. The van der Waals surface area contributed by atoms with E-state index in [2.05, 4.69) is 81.1 Å². The molecule has 3 aromatic carbocycles. The molecule has 1 aromatic heterocycles. The van der Waals surface area contributed by atoms with Crippen molar-refractivity contribution in [3.63, 3.8) is 0 Å². The number of rotatable bonds is 4. The highest BCUT2D eigenvalue weighted by Crippen LogP contribution is 2.66. The Hall–Kier alpha value is -4.64. The Morgan fingerprint density at radius 2 is 1.74 bits per heavy atom. The van der Waals surface area contributed by atoms with Gasteiger partial charge in [-0.25, -0.2) is 4.79 Å². The second kappa shape index (κ2) is 10.9. The predicted molar refractivity (Wildman–Crippen MR) is 159 cm³/mol. The lowest BCUT2D eigenvalue weighted by Crippen LogP contribution is -2.43. The lowest BCUT2D eigenvalue weighted by molar-refractivity contribution is -0.192. The lowest BCUT2D eigenvalue weighted by Gasteiger charge is -2.29. The minimum absolute atomic E-state index is 0.206. The molecule has 3 heterocycles. The number of piperazine rings is 1. The number of alkyl halides is 3. The summed E-state index contributed by atoms with van der Waals surface area (Å²) in [6, 6.07) is 23.4. The summed E-state index contributed by atoms with van der Waals surface area (Å²) in [5.41, 5.74) is 7.37. The highest BCUT2D eigenvalue weighted by atomic mass is 19.4. The number of halogens is 3. The molecule has 222 valence electrons. The third-order valence-corrected chi connectivity index (χ3v) is 8.46. The van der Waals surface area contributed by atoms with Gasteiger partial charge in [0, 0.05) is 55.9 Å². The van der Waals surface area contributed by atoms with Gasteiger partial charge in [-0.1, -0.05) is 48.5 Å². The second-order valence-electron chi connectivity index (χ2n) is 11.0. The molecule has 1 amide bonds. The van der Waals surface area contributed by atoms with E-state index >= 15 is 0 Å². The van der Waals surface area contributed by atoms with Crippen molar-refractivity contribution in [3.05, 3.63) is 89.1 Å². The second-order valence-corrected chi connectivity index (χ2v) is 11.0. The van der Waals surface area contributed by atoms with Gasteiger partial charge < -0.3 is 20.2 Å². The third-order valence-electron chi connectivity index (χ3n) is 8.46. The van der Waals surface area contributed by atoms with Gasteiger partial charge in [-0.2, -0.15) is 18.3 Å². The number of carboxylic acid groups (broad SMARTS) is 1. The number of aliphatic carboxylic acids is 1. The average molecular weight is 590 g/mol. The number of aromatic nitrogens is 2. The number of hydrogen-bond donors (Lipinski definition) is 3. The van der Waals surface area contributed by atoms with Crippen LogP contribution in [-0.4, -0.2) is 66.6 Å². The summed E-state index contributed by atoms with van der Waals surface area (Å²) in [5.74, 6) is -2.34. The van der Waals surface area contributed by atoms with E-state index in [1.165, 1.54) is 16.8 Å². The highest BCUT2D eigenvalue weighted by molar-refractivity contribution is 6.11. The Kier molecular flexibility index (Phi) is 7.21. The summed E-state index contributed by atoms with van der Waals surface area (Å²) in [5, 5.41) is 19.4. The molecule has 43 heavy (non-hydrogen) atoms. The first kappa shape index (κ1) is 28.5. The Morgan fingerprint density at radius 1 is 1.05 bits per heavy atom. The number of carbonyl (C=O) groups is 2. The number of carboxylic acids is 1. The lowest BCUT2D eigenvalue weighted by atomic mass is 9.92. The zero-order valence-electron chi connectivity index (χ0n) is 23.4. The largest absolute Gasteiger partial charge is 0.490 e. The molecule has 11 heteroatoms. The standard InChI is InChI=1S/C30H29N5O.C2HF3O2/c1-34-28-5-3-2-4-24(28)30(29(34)36)19-25(30)21-9-12-23-26(32-33-27(23)18-21)13-8-20-6-10-22(11-7-20)35-16-14-31-15-17-35;3-2(4,5)1(6)7/h2-13,18,25,31H,14-17,19H2,1H3,(H,32,33);(H,6,7)/b13-8+;. The van der Waals surface area contributed by atoms with Gasteiger partial charge in [-0.15, -0.1) is 0 Å². The topological polar surface area (TPSA) is 102 Å². The molecule has 4 aromatic rings. The molecule has 2 unspecified atom stereocenters. The van der Waals surface area contributed by atoms with Crippen molar-refractivity contribution in [3.8, 4) is 0 Å². The maximum Gasteiger partial charge on any atom is 0.490 e. The number of anilines is 2. The first-order chi connectivity index (χ1) is 20.6. The van der Waals surface area contributed by atoms with Gasteiger partial charge in [0.2, 0.25) is 5.91 Å². The molecule has 7 rings (SSSR count). The van der Waals surface area contributed by atoms with E-state index in [4.69, 9.17) is 9.90 Å². The van der Waals surface area contributed by atoms with Crippen LogP contribution in [0, 0.1) is 0 Å². The van der Waals surface area contributed by atoms with Crippen LogP contribution in [0.2, 0.25) is 0 Å². The Bertz CT molecular complexity index is 1710. The monoisotopic (exact) mass is 589 g/mol. The van der Waals surface area contributed by atoms with E-state index < -0.39 is 17.6 Å². The van der Waals surface area contributed by atoms with Crippen molar-refractivity contribution < 1.29 is 27.9 Å². The molecule has 0 bridgehead atoms. The molecular formula is C32H30F3N5O3. The van der Waals surface area contributed by atoms with E-state index in [9.17, 15) is 18.0 Å². The van der Waals surface area contributed by atoms with E-state index in [0.717, 1.165) is 60.4 Å². The number of para-hydroxylation sites is 1. The van der Waals surface area contributed by atoms with E-state index in [0.29, 0.717) is 0 Å². The molecule has 1 saturated heterocycles. The number of fused-ring (bicyclic) bond motifs is 3. The first-order valence-electron chi connectivity index (χ1n) is 14.0. The summed E-state index contributed by atoms with van der Waals surface area (Å²) in [7, 11) is 1.89. The third kappa shape index (κ3) is 5.25. The minimum Gasteiger partial charge on any atom is -0.475 e. The smallest absolute Gasteiger partial charge is 0.475 e. The van der Waals surface area contributed by atoms with Crippen LogP contribution in [0.3, 0.4) is 0 Å². The zero-order valence-corrected chi connectivity index (χ0v) is 23.4. The van der Waals surface area contributed by atoms with Crippen LogP contribution in [0.1, 0.15) is 34.7 Å². The van der Waals surface area contributed by atoms with Crippen LogP contribution in [0.15, 0.2) is 66.7 Å². The number of amides is 1. The van der Waals surface area contributed by atoms with Crippen molar-refractivity contribution in [2.45, 2.75) is 23.9 Å². The van der Waals surface area contributed by atoms with Crippen molar-refractivity contribution in [2.75, 3.05) is 43.0 Å². The van der Waals surface area contributed by atoms with Crippen LogP contribution >= 0.6 is 0 Å². The number of likely N-dealkylation sites (N-methyl/N-ethyl adjacent to an activating group) is 1. The van der Waals surface area contributed by atoms with Crippen LogP contribution < -0.4 is 15.1 Å². The van der Waals surface area contributed by atoms with Crippen molar-refractivity contribution in [2.24, 2.45) is 0 Å². The van der Waals surface area contributed by atoms with Crippen LogP contribution in [0.4, 0.5) is 24.5 Å². The van der Waals surface area contributed by atoms with Crippen molar-refractivity contribution in [1.82, 2.24) is 15.5 Å². The van der Waals surface area contributed by atoms with Gasteiger partial charge in [0.1, 0.15) is 0 Å². The fourth-order valence-electron chi connectivity index (χ4n) is 6.16. The summed E-state index contributed by atoms with van der Waals surface area (Å²) in [6.07, 6.45) is -0.0307. The van der Waals surface area contributed by atoms with Gasteiger partial charge in [0.15, 0.2) is 0 Å². The molecule has 2 aliphatic heterocycles. The predicted octanol–water partition coefficient (Wildman–Crippen LogP) is 5.18. The van der Waals surface area contributed by atoms with Crippen LogP contribution in [0.5, 0.6) is 0 Å². The number of nitrogens with one attached hydrogen (secondary N) is 2. The summed E-state index contributed by atoms with van der Waals surface area (Å²) in [6.45, 7) is 4.18. The fraction of sp³-hybridized carbons (Fsp3) is 0.281. The molecular weight excluding hydrogens is 559 g/mol. The quantitative estimate of drug-likeness (QED) is 0.304. The molecule has 3 N–H and O–H groups in total. The van der Waals surface area contributed by atoms with Crippen LogP contribution in [-0.2, 0) is 15.0 Å². The molecule has 1 saturated carbocycles. The first-order valence-corrected chi connectivity index (χ1v) is 14.0. The zero-order chi connectivity index (χ0) is 30.4. The highest BCUT2D eigenvalue weighted by Gasteiger charge is 2.66. The maximum absolute atomic E-state index is 13.2. The number of aromatic amines is 1. The molecule has 8 nitrogen and oxygen atoms in total. The fourth-order valence-corrected chi connectivity index (χ4v) is 6.16. The van der Waals surface area contributed by atoms with Gasteiger partial charge in [0.25, 0.3) is 0 Å². The number of hydrogen-bond acceptors (Lipinski definition) is 5. The molecule has 3 aliphatic rings. The summed E-state index contributed by atoms with van der Waals surface area (Å²) >= 11 is 0. The molecule has 1 aliphatic carbocycles. The normalized spacial score (nSPS) is 21.3. The minimum atomic E-state index is -5.08. The Morgan fingerprint density at radius 3 is 2.44 bits per heavy atom. The van der Waals surface area contributed by atoms with Gasteiger partial charge in [-0.05, 0) is 53.5 Å². The molecule has 2 atom stereocenters. The van der Waals surface area contributed by atoms with Gasteiger partial charge in [0.05, 0.1) is 16.6 Å². The number of nitrogens with zero attached hydrogens (tertiary/aromatic N) is 3. The number of benzene rings is 3. The van der Waals surface area contributed by atoms with E-state index in [-0.39, 0.29) is 11.8 Å². The summed E-state index contributed by atoms with van der Waals surface area (Å²) in [4.78, 5) is 26.4. The van der Waals surface area contributed by atoms with Crippen molar-refractivity contribution in [1.29, 1.82) is 0 Å². The summed E-state index contributed by atoms with van der Waals surface area (Å²) < 4.78 is 31.7. The number of carbonyl (C=O) groups excluding carboxylic acids is 1. The SMILES string of the molecule is CN1C(=O)C2(CC2c2ccc3c(/C=C/c4ccc(N5CCNCC5)cc4)n[nH]c3c2)c2ccccc21.O=C(O)C(F)(F)F. The van der Waals surface area contributed by atoms with Crippen LogP contribution in [0.25, 0.3) is 23.1 Å². The molecule has 1 spiro atoms. The Labute approximate surface area is 245 Å². The van der Waals surface area contributed by atoms with Crippen molar-refractivity contribution >= 4 is 46.3 Å². The van der Waals surface area contributed by atoms with Gasteiger partial charge in [-0.3, -0.25) is 9.89 Å². The van der Waals surface area contributed by atoms with E-state index in [1.54, 1.807) is 0 Å². The van der Waals surface area contributed by atoms with E-state index in [1.807, 2.05) is 30.1 Å². The Balaban J connectivity index is 0.000000423. The molecule has 0 radical (unpaired) electrons.